The van der Waals surface area contributed by atoms with Crippen molar-refractivity contribution in [2.75, 3.05) is 6.54 Å². The summed E-state index contributed by atoms with van der Waals surface area (Å²) in [6.45, 7) is 21.9. The maximum atomic E-state index is 13.6. The van der Waals surface area contributed by atoms with Gasteiger partial charge in [-0.2, -0.15) is 0 Å². The third-order valence-corrected chi connectivity index (χ3v) is 6.20. The Morgan fingerprint density at radius 1 is 1.00 bits per heavy atom. The van der Waals surface area contributed by atoms with Crippen molar-refractivity contribution in [3.05, 3.63) is 75.3 Å². The van der Waals surface area contributed by atoms with Gasteiger partial charge in [-0.05, 0) is 63.8 Å². The molecular formula is C31H49ClN4O. The molecule has 0 aliphatic carbocycles. The van der Waals surface area contributed by atoms with Crippen LogP contribution >= 0.6 is 11.6 Å². The van der Waals surface area contributed by atoms with Gasteiger partial charge in [-0.1, -0.05) is 83.5 Å². The third-order valence-electron chi connectivity index (χ3n) is 5.96. The molecule has 0 fully saturated rings. The highest BCUT2D eigenvalue weighted by atomic mass is 35.5. The van der Waals surface area contributed by atoms with Crippen LogP contribution in [-0.2, 0) is 6.54 Å². The highest BCUT2D eigenvalue weighted by molar-refractivity contribution is 6.31. The summed E-state index contributed by atoms with van der Waals surface area (Å²) in [5.74, 6) is 1.08. The number of nitrogens with zero attached hydrogens (tertiary/aromatic N) is 2. The summed E-state index contributed by atoms with van der Waals surface area (Å²) in [7, 11) is 0. The lowest BCUT2D eigenvalue weighted by molar-refractivity contribution is 0.272. The van der Waals surface area contributed by atoms with Crippen LogP contribution in [0.1, 0.15) is 93.0 Å². The van der Waals surface area contributed by atoms with E-state index in [1.807, 2.05) is 76.4 Å². The first-order chi connectivity index (χ1) is 17.4. The average molecular weight is 529 g/mol. The number of hydrogen-bond acceptors (Lipinski definition) is 4. The second-order valence-electron chi connectivity index (χ2n) is 10.8. The minimum absolute atomic E-state index is 0.0324. The molecule has 0 saturated heterocycles. The van der Waals surface area contributed by atoms with Gasteiger partial charge in [0.2, 0.25) is 0 Å². The van der Waals surface area contributed by atoms with Crippen molar-refractivity contribution in [3.8, 4) is 0 Å². The largest absolute Gasteiger partial charge is 0.325 e. The monoisotopic (exact) mass is 528 g/mol. The van der Waals surface area contributed by atoms with Gasteiger partial charge in [0.05, 0.1) is 17.4 Å². The van der Waals surface area contributed by atoms with Crippen molar-refractivity contribution in [2.45, 2.75) is 99.2 Å². The number of benzene rings is 2. The van der Waals surface area contributed by atoms with E-state index >= 15 is 0 Å². The van der Waals surface area contributed by atoms with Crippen molar-refractivity contribution in [1.82, 2.24) is 14.9 Å². The van der Waals surface area contributed by atoms with E-state index in [0.29, 0.717) is 29.0 Å². The zero-order valence-corrected chi connectivity index (χ0v) is 25.4. The molecule has 206 valence electrons. The van der Waals surface area contributed by atoms with Gasteiger partial charge in [-0.3, -0.25) is 9.36 Å². The SMILES string of the molecule is CC.CC.CC(C)C(CNC(C)(C)CC(C)(C)N)c1nc2cc(Cl)ccc2c(=O)n1Cc1ccccc1. The first-order valence-electron chi connectivity index (χ1n) is 13.6. The fraction of sp³-hybridized carbons (Fsp3) is 0.548. The van der Waals surface area contributed by atoms with E-state index in [4.69, 9.17) is 22.3 Å². The number of nitrogens with two attached hydrogens (primary N) is 1. The molecule has 37 heavy (non-hydrogen) atoms. The maximum absolute atomic E-state index is 13.6. The van der Waals surface area contributed by atoms with Crippen LogP contribution in [0.15, 0.2) is 53.3 Å². The third kappa shape index (κ3) is 9.88. The standard InChI is InChI=1S/C27H37ClN4O.2C2H6/c1-18(2)22(15-30-27(5,6)17-26(3,4)29)24-31-23-14-20(28)12-13-21(23)25(33)32(24)16-19-10-8-7-9-11-19;2*1-2/h7-14,18,22,30H,15-17,29H2,1-6H3;2*1-2H3. The van der Waals surface area contributed by atoms with Crippen molar-refractivity contribution < 1.29 is 0 Å². The molecule has 5 nitrogen and oxygen atoms in total. The van der Waals surface area contributed by atoms with Crippen molar-refractivity contribution in [1.29, 1.82) is 0 Å². The number of rotatable bonds is 9. The van der Waals surface area contributed by atoms with E-state index in [1.165, 1.54) is 0 Å². The molecule has 3 N–H and O–H groups in total. The molecule has 0 radical (unpaired) electrons. The summed E-state index contributed by atoms with van der Waals surface area (Å²) in [6, 6.07) is 15.3. The fourth-order valence-corrected chi connectivity index (χ4v) is 4.79. The molecule has 1 heterocycles. The summed E-state index contributed by atoms with van der Waals surface area (Å²) in [4.78, 5) is 18.6. The number of fused-ring (bicyclic) bond motifs is 1. The molecule has 1 unspecified atom stereocenters. The topological polar surface area (TPSA) is 72.9 Å². The van der Waals surface area contributed by atoms with E-state index in [2.05, 4.69) is 33.0 Å². The molecule has 2 aromatic carbocycles. The van der Waals surface area contributed by atoms with Gasteiger partial charge in [0.15, 0.2) is 0 Å². The molecule has 3 aromatic rings. The predicted molar refractivity (Wildman–Crippen MR) is 162 cm³/mol. The van der Waals surface area contributed by atoms with Crippen LogP contribution in [-0.4, -0.2) is 27.2 Å². The van der Waals surface area contributed by atoms with Crippen molar-refractivity contribution in [3.63, 3.8) is 0 Å². The first kappa shape index (κ1) is 32.8. The Hall–Kier alpha value is -2.21. The zero-order chi connectivity index (χ0) is 28.4. The Morgan fingerprint density at radius 2 is 1.59 bits per heavy atom. The lowest BCUT2D eigenvalue weighted by Crippen LogP contribution is -2.50. The summed E-state index contributed by atoms with van der Waals surface area (Å²) in [5.41, 5.74) is 7.52. The zero-order valence-electron chi connectivity index (χ0n) is 24.7. The first-order valence-corrected chi connectivity index (χ1v) is 14.0. The second kappa shape index (κ2) is 14.7. The summed E-state index contributed by atoms with van der Waals surface area (Å²) in [6.07, 6.45) is 0.822. The highest BCUT2D eigenvalue weighted by Crippen LogP contribution is 2.27. The molecule has 0 bridgehead atoms. The van der Waals surface area contributed by atoms with Gasteiger partial charge >= 0.3 is 0 Å². The molecular weight excluding hydrogens is 480 g/mol. The van der Waals surface area contributed by atoms with Crippen LogP contribution < -0.4 is 16.6 Å². The van der Waals surface area contributed by atoms with Crippen LogP contribution in [0.2, 0.25) is 5.02 Å². The Morgan fingerprint density at radius 3 is 2.14 bits per heavy atom. The maximum Gasteiger partial charge on any atom is 0.261 e. The summed E-state index contributed by atoms with van der Waals surface area (Å²) >= 11 is 6.24. The van der Waals surface area contributed by atoms with Crippen molar-refractivity contribution in [2.24, 2.45) is 11.7 Å². The molecule has 0 amide bonds. The highest BCUT2D eigenvalue weighted by Gasteiger charge is 2.29. The minimum atomic E-state index is -0.281. The van der Waals surface area contributed by atoms with Gasteiger partial charge in [0.1, 0.15) is 5.82 Å². The number of aromatic nitrogens is 2. The molecule has 0 aliphatic rings. The fourth-order valence-electron chi connectivity index (χ4n) is 4.63. The van der Waals surface area contributed by atoms with Gasteiger partial charge in [-0.25, -0.2) is 4.98 Å². The van der Waals surface area contributed by atoms with E-state index in [0.717, 1.165) is 17.8 Å². The van der Waals surface area contributed by atoms with Gasteiger partial charge < -0.3 is 11.1 Å². The minimum Gasteiger partial charge on any atom is -0.325 e. The molecule has 0 aliphatic heterocycles. The van der Waals surface area contributed by atoms with E-state index < -0.39 is 0 Å². The molecule has 1 aromatic heterocycles. The summed E-state index contributed by atoms with van der Waals surface area (Å²) in [5, 5.41) is 4.86. The van der Waals surface area contributed by atoms with Crippen LogP contribution in [0.4, 0.5) is 0 Å². The normalized spacial score (nSPS) is 12.5. The Kier molecular flexibility index (Phi) is 13.0. The predicted octanol–water partition coefficient (Wildman–Crippen LogP) is 7.39. The second-order valence-corrected chi connectivity index (χ2v) is 11.2. The molecule has 6 heteroatoms. The Balaban J connectivity index is 0.00000163. The summed E-state index contributed by atoms with van der Waals surface area (Å²) < 4.78 is 1.83. The van der Waals surface area contributed by atoms with Gasteiger partial charge in [0, 0.05) is 28.6 Å². The number of halogens is 1. The van der Waals surface area contributed by atoms with E-state index in [1.54, 1.807) is 18.2 Å². The Labute approximate surface area is 229 Å². The molecule has 0 spiro atoms. The van der Waals surface area contributed by atoms with Gasteiger partial charge in [0.25, 0.3) is 5.56 Å². The van der Waals surface area contributed by atoms with Gasteiger partial charge in [-0.15, -0.1) is 0 Å². The Bertz CT molecular complexity index is 1150. The smallest absolute Gasteiger partial charge is 0.261 e. The molecule has 3 rings (SSSR count). The van der Waals surface area contributed by atoms with E-state index in [-0.39, 0.29) is 28.5 Å². The van der Waals surface area contributed by atoms with E-state index in [9.17, 15) is 4.79 Å². The number of hydrogen-bond donors (Lipinski definition) is 2. The lowest BCUT2D eigenvalue weighted by Gasteiger charge is -2.35. The van der Waals surface area contributed by atoms with Crippen LogP contribution in [0.5, 0.6) is 0 Å². The quantitative estimate of drug-likeness (QED) is 0.303. The van der Waals surface area contributed by atoms with Crippen LogP contribution in [0, 0.1) is 5.92 Å². The number of nitrogens with one attached hydrogen (secondary N) is 1. The molecule has 1 atom stereocenters. The lowest BCUT2D eigenvalue weighted by atomic mass is 9.86. The van der Waals surface area contributed by atoms with Crippen LogP contribution in [0.25, 0.3) is 10.9 Å². The molecule has 0 saturated carbocycles. The average Bonchev–Trinajstić information content (AvgIpc) is 2.82. The van der Waals surface area contributed by atoms with Crippen molar-refractivity contribution >= 4 is 22.5 Å². The van der Waals surface area contributed by atoms with Crippen LogP contribution in [0.3, 0.4) is 0 Å².